The zero-order valence-electron chi connectivity index (χ0n) is 25.5. The van der Waals surface area contributed by atoms with Crippen LogP contribution < -0.4 is 4.74 Å². The van der Waals surface area contributed by atoms with Crippen LogP contribution in [0.1, 0.15) is 83.4 Å². The Morgan fingerprint density at radius 3 is 2.52 bits per heavy atom. The van der Waals surface area contributed by atoms with Crippen LogP contribution >= 0.6 is 0 Å². The quantitative estimate of drug-likeness (QED) is 0.240. The van der Waals surface area contributed by atoms with E-state index in [4.69, 9.17) is 14.5 Å². The molecular weight excluding hydrogens is 556 g/mol. The largest absolute Gasteiger partial charge is 0.486 e. The van der Waals surface area contributed by atoms with E-state index in [1.54, 1.807) is 9.58 Å². The Hall–Kier alpha value is -4.66. The molecule has 2 aromatic carbocycles. The van der Waals surface area contributed by atoms with Gasteiger partial charge < -0.3 is 19.5 Å². The number of piperidine rings is 1. The predicted octanol–water partition coefficient (Wildman–Crippen LogP) is 6.77. The van der Waals surface area contributed by atoms with E-state index in [1.807, 2.05) is 25.1 Å². The highest BCUT2D eigenvalue weighted by Crippen LogP contribution is 2.42. The average molecular weight is 595 g/mol. The molecule has 228 valence electrons. The Balaban J connectivity index is 1.26. The second kappa shape index (κ2) is 12.5. The van der Waals surface area contributed by atoms with Crippen molar-refractivity contribution in [3.05, 3.63) is 94.3 Å². The summed E-state index contributed by atoms with van der Waals surface area (Å²) in [6.45, 7) is 5.50. The third-order valence-corrected chi connectivity index (χ3v) is 9.00. The SMILES string of the molecule is CCc1cc(O[C@H]2CCc3cccc(-c4cccc(-n5ncc(C(=O)O)c5CC)n4)c32)ccc1C1CCN(C(=O)OC)CC1. The third-order valence-electron chi connectivity index (χ3n) is 9.00. The van der Waals surface area contributed by atoms with Gasteiger partial charge in [0.2, 0.25) is 0 Å². The number of aromatic nitrogens is 3. The molecule has 0 spiro atoms. The topological polar surface area (TPSA) is 107 Å². The maximum atomic E-state index is 11.9. The highest BCUT2D eigenvalue weighted by Gasteiger charge is 2.29. The summed E-state index contributed by atoms with van der Waals surface area (Å²) < 4.78 is 13.2. The standard InChI is InChI=1S/C35H38N4O5/c1-4-22-20-25(13-14-26(22)23-16-18-38(19-17-23)35(42)43-3)44-31-15-12-24-8-6-9-27(33(24)31)29-10-7-11-32(37-29)39-30(5-2)28(21-36-39)34(40)41/h6-11,13-14,20-21,23,31H,4-5,12,15-19H2,1-3H3,(H,40,41)/t31-/m0/s1. The molecule has 0 bridgehead atoms. The zero-order valence-corrected chi connectivity index (χ0v) is 25.5. The molecule has 1 fully saturated rings. The normalized spacial score (nSPS) is 16.5. The molecule has 1 aliphatic heterocycles. The average Bonchev–Trinajstić information content (AvgIpc) is 3.69. The van der Waals surface area contributed by atoms with Gasteiger partial charge in [-0.15, -0.1) is 0 Å². The Morgan fingerprint density at radius 2 is 1.80 bits per heavy atom. The number of carboxylic acid groups (broad SMARTS) is 1. The van der Waals surface area contributed by atoms with E-state index >= 15 is 0 Å². The molecule has 6 rings (SSSR count). The molecular formula is C35H38N4O5. The Kier molecular flexibility index (Phi) is 8.37. The number of hydrogen-bond donors (Lipinski definition) is 1. The first-order valence-electron chi connectivity index (χ1n) is 15.4. The number of aromatic carboxylic acids is 1. The molecule has 1 N–H and O–H groups in total. The van der Waals surface area contributed by atoms with Crippen LogP contribution in [0.5, 0.6) is 5.75 Å². The minimum Gasteiger partial charge on any atom is -0.486 e. The first kappa shape index (κ1) is 29.4. The van der Waals surface area contributed by atoms with Gasteiger partial charge in [0.1, 0.15) is 17.4 Å². The van der Waals surface area contributed by atoms with Crippen molar-refractivity contribution in [1.82, 2.24) is 19.7 Å². The zero-order chi connectivity index (χ0) is 30.8. The Labute approximate surface area is 257 Å². The van der Waals surface area contributed by atoms with Crippen molar-refractivity contribution < 1.29 is 24.2 Å². The summed E-state index contributed by atoms with van der Waals surface area (Å²) in [5.41, 5.74) is 7.65. The van der Waals surface area contributed by atoms with Crippen molar-refractivity contribution in [3.8, 4) is 22.8 Å². The molecule has 2 aromatic heterocycles. The number of amides is 1. The Bertz CT molecular complexity index is 1690. The summed E-state index contributed by atoms with van der Waals surface area (Å²) in [5.74, 6) is 0.859. The van der Waals surface area contributed by atoms with Crippen LogP contribution in [0.2, 0.25) is 0 Å². The van der Waals surface area contributed by atoms with E-state index in [-0.39, 0.29) is 17.8 Å². The van der Waals surface area contributed by atoms with E-state index in [0.29, 0.717) is 36.9 Å². The van der Waals surface area contributed by atoms with Crippen LogP contribution in [-0.2, 0) is 24.0 Å². The van der Waals surface area contributed by atoms with Gasteiger partial charge in [-0.1, -0.05) is 44.2 Å². The van der Waals surface area contributed by atoms with E-state index < -0.39 is 5.97 Å². The summed E-state index contributed by atoms with van der Waals surface area (Å²) in [5, 5.41) is 13.9. The summed E-state index contributed by atoms with van der Waals surface area (Å²) in [6.07, 6.45) is 6.10. The number of carbonyl (C=O) groups excluding carboxylic acids is 1. The van der Waals surface area contributed by atoms with Gasteiger partial charge in [0, 0.05) is 24.2 Å². The number of aryl methyl sites for hydroxylation is 2. The molecule has 0 unspecified atom stereocenters. The van der Waals surface area contributed by atoms with Gasteiger partial charge in [0.25, 0.3) is 0 Å². The lowest BCUT2D eigenvalue weighted by Gasteiger charge is -2.32. The van der Waals surface area contributed by atoms with Crippen LogP contribution in [0.25, 0.3) is 17.1 Å². The fourth-order valence-corrected chi connectivity index (χ4v) is 6.79. The van der Waals surface area contributed by atoms with Crippen molar-refractivity contribution >= 4 is 12.1 Å². The van der Waals surface area contributed by atoms with Crippen molar-refractivity contribution in [2.24, 2.45) is 0 Å². The molecule has 2 aliphatic rings. The molecule has 0 radical (unpaired) electrons. The number of rotatable bonds is 8. The van der Waals surface area contributed by atoms with Crippen LogP contribution in [-0.4, -0.2) is 57.0 Å². The molecule has 0 saturated carbocycles. The summed E-state index contributed by atoms with van der Waals surface area (Å²) in [6, 6.07) is 18.6. The van der Waals surface area contributed by atoms with Gasteiger partial charge in [0.05, 0.1) is 24.7 Å². The van der Waals surface area contributed by atoms with E-state index in [9.17, 15) is 14.7 Å². The minimum atomic E-state index is -0.992. The number of nitrogens with zero attached hydrogens (tertiary/aromatic N) is 4. The van der Waals surface area contributed by atoms with Crippen LogP contribution in [0.4, 0.5) is 4.79 Å². The van der Waals surface area contributed by atoms with Crippen LogP contribution in [0.15, 0.2) is 60.8 Å². The number of pyridine rings is 1. The number of fused-ring (bicyclic) bond motifs is 1. The lowest BCUT2D eigenvalue weighted by molar-refractivity contribution is 0.0695. The van der Waals surface area contributed by atoms with Gasteiger partial charge in [0.15, 0.2) is 5.82 Å². The molecule has 4 aromatic rings. The maximum Gasteiger partial charge on any atom is 0.409 e. The van der Waals surface area contributed by atoms with Crippen molar-refractivity contribution in [2.75, 3.05) is 20.2 Å². The summed E-state index contributed by atoms with van der Waals surface area (Å²) >= 11 is 0. The molecule has 9 heteroatoms. The molecule has 1 aliphatic carbocycles. The molecule has 1 amide bonds. The van der Waals surface area contributed by atoms with Gasteiger partial charge in [-0.25, -0.2) is 19.3 Å². The van der Waals surface area contributed by atoms with Crippen LogP contribution in [0.3, 0.4) is 0 Å². The number of benzene rings is 2. The maximum absolute atomic E-state index is 11.9. The number of carbonyl (C=O) groups is 2. The van der Waals surface area contributed by atoms with E-state index in [1.165, 1.54) is 30.0 Å². The second-order valence-electron chi connectivity index (χ2n) is 11.4. The lowest BCUT2D eigenvalue weighted by atomic mass is 9.86. The van der Waals surface area contributed by atoms with Crippen molar-refractivity contribution in [2.45, 2.75) is 64.4 Å². The predicted molar refractivity (Wildman–Crippen MR) is 167 cm³/mol. The number of ether oxygens (including phenoxy) is 2. The van der Waals surface area contributed by atoms with Gasteiger partial charge in [-0.05, 0) is 85.4 Å². The summed E-state index contributed by atoms with van der Waals surface area (Å²) in [4.78, 5) is 30.4. The monoisotopic (exact) mass is 594 g/mol. The fraction of sp³-hybridized carbons (Fsp3) is 0.371. The Morgan fingerprint density at radius 1 is 1.00 bits per heavy atom. The minimum absolute atomic E-state index is 0.111. The highest BCUT2D eigenvalue weighted by molar-refractivity contribution is 5.88. The number of hydrogen-bond acceptors (Lipinski definition) is 6. The number of methoxy groups -OCH3 is 1. The third kappa shape index (κ3) is 5.54. The molecule has 1 atom stereocenters. The highest BCUT2D eigenvalue weighted by atomic mass is 16.5. The van der Waals surface area contributed by atoms with Gasteiger partial charge in [-0.2, -0.15) is 5.10 Å². The summed E-state index contributed by atoms with van der Waals surface area (Å²) in [7, 11) is 1.43. The van der Waals surface area contributed by atoms with E-state index in [2.05, 4.69) is 48.4 Å². The van der Waals surface area contributed by atoms with Gasteiger partial charge >= 0.3 is 12.1 Å². The smallest absolute Gasteiger partial charge is 0.409 e. The molecule has 9 nitrogen and oxygen atoms in total. The number of carboxylic acids is 1. The van der Waals surface area contributed by atoms with Crippen molar-refractivity contribution in [1.29, 1.82) is 0 Å². The lowest BCUT2D eigenvalue weighted by Crippen LogP contribution is -2.37. The second-order valence-corrected chi connectivity index (χ2v) is 11.4. The molecule has 3 heterocycles. The van der Waals surface area contributed by atoms with Gasteiger partial charge in [-0.3, -0.25) is 0 Å². The van der Waals surface area contributed by atoms with Crippen LogP contribution in [0, 0.1) is 0 Å². The van der Waals surface area contributed by atoms with E-state index in [0.717, 1.165) is 54.7 Å². The first-order chi connectivity index (χ1) is 21.4. The first-order valence-corrected chi connectivity index (χ1v) is 15.4. The molecule has 44 heavy (non-hydrogen) atoms. The fourth-order valence-electron chi connectivity index (χ4n) is 6.79. The van der Waals surface area contributed by atoms with Crippen molar-refractivity contribution in [3.63, 3.8) is 0 Å². The number of likely N-dealkylation sites (tertiary alicyclic amines) is 1. The molecule has 1 saturated heterocycles.